The normalized spacial score (nSPS) is 24.1. The van der Waals surface area contributed by atoms with Gasteiger partial charge in [0.15, 0.2) is 0 Å². The summed E-state index contributed by atoms with van der Waals surface area (Å²) < 4.78 is 0. The third-order valence-electron chi connectivity index (χ3n) is 5.77. The van der Waals surface area contributed by atoms with Gasteiger partial charge in [0.2, 0.25) is 0 Å². The lowest BCUT2D eigenvalue weighted by Gasteiger charge is -2.08. The average Bonchev–Trinajstić information content (AvgIpc) is 3.49. The molecule has 0 unspecified atom stereocenters. The van der Waals surface area contributed by atoms with Crippen LogP contribution < -0.4 is 11.2 Å². The molecule has 0 radical (unpaired) electrons. The summed E-state index contributed by atoms with van der Waals surface area (Å²) in [5, 5.41) is 9.05. The van der Waals surface area contributed by atoms with Gasteiger partial charge in [-0.25, -0.2) is 4.79 Å². The van der Waals surface area contributed by atoms with E-state index in [0.717, 1.165) is 29.7 Å². The molecular formula is C21H15ClN4O2. The molecule has 0 atom stereocenters. The van der Waals surface area contributed by atoms with E-state index < -0.39 is 11.2 Å². The second kappa shape index (κ2) is 5.66. The number of hydrogen-bond donors (Lipinski definition) is 2. The molecule has 0 spiro atoms. The Morgan fingerprint density at radius 1 is 1.18 bits per heavy atom. The van der Waals surface area contributed by atoms with Gasteiger partial charge in [-0.05, 0) is 43.5 Å². The zero-order valence-electron chi connectivity index (χ0n) is 15.0. The van der Waals surface area contributed by atoms with Crippen LogP contribution in [0.2, 0.25) is 5.02 Å². The fraction of sp³-hybridized carbons (Fsp3) is 0.238. The summed E-state index contributed by atoms with van der Waals surface area (Å²) in [5.41, 5.74) is 2.36. The summed E-state index contributed by atoms with van der Waals surface area (Å²) in [7, 11) is 0. The lowest BCUT2D eigenvalue weighted by Crippen LogP contribution is -2.23. The third kappa shape index (κ3) is 2.44. The lowest BCUT2D eigenvalue weighted by atomic mass is 10.0. The van der Waals surface area contributed by atoms with Gasteiger partial charge in [0.25, 0.3) is 5.56 Å². The molecule has 2 aliphatic rings. The summed E-state index contributed by atoms with van der Waals surface area (Å²) in [6.45, 7) is 1.92. The first-order valence-electron chi connectivity index (χ1n) is 8.89. The van der Waals surface area contributed by atoms with E-state index >= 15 is 0 Å². The maximum atomic E-state index is 12.1. The highest BCUT2D eigenvalue weighted by Crippen LogP contribution is 2.85. The second-order valence-electron chi connectivity index (χ2n) is 7.46. The average molecular weight is 391 g/mol. The number of rotatable bonds is 2. The number of aromatic amines is 2. The minimum absolute atomic E-state index is 0.0228. The zero-order valence-corrected chi connectivity index (χ0v) is 15.7. The van der Waals surface area contributed by atoms with Gasteiger partial charge in [-0.3, -0.25) is 9.78 Å². The molecule has 0 amide bonds. The quantitative estimate of drug-likeness (QED) is 0.658. The topological polar surface area (TPSA) is 91.5 Å². The number of aryl methyl sites for hydroxylation is 1. The van der Waals surface area contributed by atoms with Crippen molar-refractivity contribution < 1.29 is 0 Å². The molecule has 0 saturated heterocycles. The Kier molecular flexibility index (Phi) is 3.43. The molecule has 2 N–H and O–H groups in total. The number of nitrogens with zero attached hydrogens (tertiary/aromatic N) is 2. The first-order chi connectivity index (χ1) is 13.4. The number of H-pyrrole nitrogens is 2. The number of halogens is 1. The van der Waals surface area contributed by atoms with E-state index in [9.17, 15) is 9.59 Å². The minimum atomic E-state index is -0.550. The number of nitrogens with one attached hydrogen (secondary N) is 2. The first-order valence-corrected chi connectivity index (χ1v) is 9.27. The van der Waals surface area contributed by atoms with Crippen molar-refractivity contribution in [2.45, 2.75) is 25.2 Å². The van der Waals surface area contributed by atoms with Crippen LogP contribution in [0.15, 0.2) is 46.1 Å². The zero-order chi connectivity index (χ0) is 19.5. The molecule has 2 fully saturated rings. The molecule has 3 aromatic rings. The smallest absolute Gasteiger partial charge is 0.313 e. The summed E-state index contributed by atoms with van der Waals surface area (Å²) in [5.74, 6) is 6.63. The van der Waals surface area contributed by atoms with Crippen LogP contribution in [0.4, 0.5) is 0 Å². The van der Waals surface area contributed by atoms with Crippen molar-refractivity contribution >= 4 is 11.6 Å². The molecule has 2 saturated carbocycles. The van der Waals surface area contributed by atoms with Gasteiger partial charge < -0.3 is 4.98 Å². The molecule has 5 rings (SSSR count). The van der Waals surface area contributed by atoms with Crippen molar-refractivity contribution in [1.29, 1.82) is 0 Å². The van der Waals surface area contributed by atoms with Gasteiger partial charge >= 0.3 is 5.69 Å². The number of fused-ring (bicyclic) bond motifs is 1. The Balaban J connectivity index is 1.50. The fourth-order valence-corrected chi connectivity index (χ4v) is 4.15. The van der Waals surface area contributed by atoms with Crippen molar-refractivity contribution in [3.63, 3.8) is 0 Å². The van der Waals surface area contributed by atoms with E-state index in [1.54, 1.807) is 0 Å². The van der Waals surface area contributed by atoms with Crippen molar-refractivity contribution in [3.05, 3.63) is 79.2 Å². The van der Waals surface area contributed by atoms with E-state index in [1.165, 1.54) is 6.20 Å². The van der Waals surface area contributed by atoms with Crippen molar-refractivity contribution in [1.82, 2.24) is 20.2 Å². The predicted molar refractivity (Wildman–Crippen MR) is 105 cm³/mol. The van der Waals surface area contributed by atoms with Crippen LogP contribution in [0.1, 0.15) is 29.7 Å². The van der Waals surface area contributed by atoms with Gasteiger partial charge in [0.1, 0.15) is 5.69 Å². The van der Waals surface area contributed by atoms with Crippen LogP contribution in [-0.4, -0.2) is 20.2 Å². The van der Waals surface area contributed by atoms with Crippen LogP contribution in [0.5, 0.6) is 0 Å². The van der Waals surface area contributed by atoms with Crippen LogP contribution in [0.25, 0.3) is 11.3 Å². The molecule has 0 bridgehead atoms. The first kappa shape index (κ1) is 17.0. The molecule has 2 heterocycles. The summed E-state index contributed by atoms with van der Waals surface area (Å²) in [6.07, 6.45) is 3.29. The highest BCUT2D eigenvalue weighted by Gasteiger charge is 2.83. The summed E-state index contributed by atoms with van der Waals surface area (Å²) in [6, 6.07) is 9.46. The molecule has 28 heavy (non-hydrogen) atoms. The number of hydrogen-bond acceptors (Lipinski definition) is 4. The molecular weight excluding hydrogens is 376 g/mol. The van der Waals surface area contributed by atoms with E-state index in [0.29, 0.717) is 16.3 Å². The predicted octanol–water partition coefficient (Wildman–Crippen LogP) is 2.57. The van der Waals surface area contributed by atoms with E-state index in [2.05, 4.69) is 32.0 Å². The Morgan fingerprint density at radius 3 is 2.71 bits per heavy atom. The molecule has 7 heteroatoms. The van der Waals surface area contributed by atoms with E-state index in [4.69, 9.17) is 11.6 Å². The minimum Gasteiger partial charge on any atom is -0.313 e. The molecule has 2 aromatic heterocycles. The van der Waals surface area contributed by atoms with Crippen LogP contribution in [0, 0.1) is 24.2 Å². The number of benzene rings is 1. The highest BCUT2D eigenvalue weighted by molar-refractivity contribution is 6.31. The van der Waals surface area contributed by atoms with Gasteiger partial charge in [0.05, 0.1) is 16.3 Å². The Labute approximate surface area is 165 Å². The molecule has 138 valence electrons. The molecule has 1 aromatic carbocycles. The fourth-order valence-electron chi connectivity index (χ4n) is 3.96. The van der Waals surface area contributed by atoms with E-state index in [1.807, 2.05) is 37.3 Å². The molecule has 0 aliphatic heterocycles. The Hall–Kier alpha value is -3.17. The van der Waals surface area contributed by atoms with Crippen LogP contribution in [0.3, 0.4) is 0 Å². The van der Waals surface area contributed by atoms with Gasteiger partial charge in [-0.1, -0.05) is 35.6 Å². The van der Waals surface area contributed by atoms with Crippen LogP contribution in [-0.2, 0) is 5.41 Å². The lowest BCUT2D eigenvalue weighted by molar-refractivity contribution is 0.768. The van der Waals surface area contributed by atoms with Crippen LogP contribution >= 0.6 is 11.6 Å². The van der Waals surface area contributed by atoms with Crippen molar-refractivity contribution in [2.24, 2.45) is 5.41 Å². The van der Waals surface area contributed by atoms with Crippen molar-refractivity contribution in [3.8, 4) is 23.1 Å². The van der Waals surface area contributed by atoms with Gasteiger partial charge in [0, 0.05) is 22.6 Å². The summed E-state index contributed by atoms with van der Waals surface area (Å²) in [4.78, 5) is 28.0. The molecule has 6 nitrogen and oxygen atoms in total. The standard InChI is InChI=1S/C21H15ClN4O2/c1-12-15(8-17(26-25-12)14-9-23-19(28)24-18(14)27)21-10-20(21,11-21)7-6-13-4-2-3-5-16(13)22/h2-5,8-9H,10-11H2,1H3,(H2,23,24,27,28). The van der Waals surface area contributed by atoms with Gasteiger partial charge in [-0.15, -0.1) is 5.10 Å². The maximum Gasteiger partial charge on any atom is 0.325 e. The second-order valence-corrected chi connectivity index (χ2v) is 7.87. The number of aromatic nitrogens is 4. The van der Waals surface area contributed by atoms with Crippen molar-refractivity contribution in [2.75, 3.05) is 0 Å². The monoisotopic (exact) mass is 390 g/mol. The molecule has 2 aliphatic carbocycles. The van der Waals surface area contributed by atoms with E-state index in [-0.39, 0.29) is 10.8 Å². The third-order valence-corrected chi connectivity index (χ3v) is 6.10. The Morgan fingerprint density at radius 2 is 1.96 bits per heavy atom. The Bertz CT molecular complexity index is 1310. The van der Waals surface area contributed by atoms with Gasteiger partial charge in [-0.2, -0.15) is 5.10 Å². The summed E-state index contributed by atoms with van der Waals surface area (Å²) >= 11 is 6.20. The SMILES string of the molecule is Cc1nnc(-c2c[nH]c(=O)[nH]c2=O)cc1C12CC1(C#Cc1ccccc1Cl)C2. The maximum absolute atomic E-state index is 12.1. The highest BCUT2D eigenvalue weighted by atomic mass is 35.5. The largest absolute Gasteiger partial charge is 0.325 e.